The van der Waals surface area contributed by atoms with Gasteiger partial charge in [0.1, 0.15) is 0 Å². The van der Waals surface area contributed by atoms with E-state index < -0.39 is 0 Å². The number of halogens is 1. The van der Waals surface area contributed by atoms with Gasteiger partial charge in [0.15, 0.2) is 0 Å². The number of benzene rings is 2. The standard InChI is InChI=1S/C17H20ClN/c1-2-14-6-8-15(9-7-14)12-19-13-17-5-3-4-16(10-17)11-18/h3-10,19H,2,11-13H2,1H3. The Labute approximate surface area is 120 Å². The molecule has 2 rings (SSSR count). The van der Waals surface area contributed by atoms with Gasteiger partial charge < -0.3 is 5.32 Å². The van der Waals surface area contributed by atoms with Crippen molar-refractivity contribution in [3.8, 4) is 0 Å². The van der Waals surface area contributed by atoms with Crippen LogP contribution in [0.25, 0.3) is 0 Å². The fourth-order valence-corrected chi connectivity index (χ4v) is 2.23. The lowest BCUT2D eigenvalue weighted by atomic mass is 10.1. The lowest BCUT2D eigenvalue weighted by molar-refractivity contribution is 0.693. The van der Waals surface area contributed by atoms with Crippen LogP contribution in [-0.2, 0) is 25.4 Å². The summed E-state index contributed by atoms with van der Waals surface area (Å²) in [7, 11) is 0. The highest BCUT2D eigenvalue weighted by Gasteiger charge is 1.97. The average Bonchev–Trinajstić information content (AvgIpc) is 2.48. The van der Waals surface area contributed by atoms with Gasteiger partial charge in [-0.1, -0.05) is 55.5 Å². The smallest absolute Gasteiger partial charge is 0.0474 e. The zero-order valence-corrected chi connectivity index (χ0v) is 12.1. The summed E-state index contributed by atoms with van der Waals surface area (Å²) in [5.74, 6) is 0.576. The second-order valence-corrected chi connectivity index (χ2v) is 4.99. The van der Waals surface area contributed by atoms with Crippen molar-refractivity contribution in [2.45, 2.75) is 32.3 Å². The molecule has 0 unspecified atom stereocenters. The van der Waals surface area contributed by atoms with Gasteiger partial charge >= 0.3 is 0 Å². The summed E-state index contributed by atoms with van der Waals surface area (Å²) in [4.78, 5) is 0. The maximum absolute atomic E-state index is 5.84. The number of hydrogen-bond donors (Lipinski definition) is 1. The van der Waals surface area contributed by atoms with Crippen molar-refractivity contribution < 1.29 is 0 Å². The first-order chi connectivity index (χ1) is 9.31. The van der Waals surface area contributed by atoms with Crippen LogP contribution in [0.3, 0.4) is 0 Å². The first-order valence-electron chi connectivity index (χ1n) is 6.74. The minimum Gasteiger partial charge on any atom is -0.309 e. The summed E-state index contributed by atoms with van der Waals surface area (Å²) >= 11 is 5.84. The minimum absolute atomic E-state index is 0.576. The average molecular weight is 274 g/mol. The van der Waals surface area contributed by atoms with Crippen molar-refractivity contribution in [3.05, 3.63) is 70.8 Å². The first-order valence-corrected chi connectivity index (χ1v) is 7.27. The molecule has 0 radical (unpaired) electrons. The molecule has 2 aromatic rings. The number of hydrogen-bond acceptors (Lipinski definition) is 1. The van der Waals surface area contributed by atoms with E-state index in [4.69, 9.17) is 11.6 Å². The summed E-state index contributed by atoms with van der Waals surface area (Å²) in [6.45, 7) is 3.95. The van der Waals surface area contributed by atoms with Crippen LogP contribution in [-0.4, -0.2) is 0 Å². The highest BCUT2D eigenvalue weighted by Crippen LogP contribution is 2.08. The molecule has 0 saturated carbocycles. The predicted octanol–water partition coefficient (Wildman–Crippen LogP) is 4.28. The summed E-state index contributed by atoms with van der Waals surface area (Å²) in [5.41, 5.74) is 5.17. The fourth-order valence-electron chi connectivity index (χ4n) is 2.07. The molecule has 0 aliphatic heterocycles. The molecule has 2 aromatic carbocycles. The lowest BCUT2D eigenvalue weighted by Crippen LogP contribution is -2.12. The molecule has 0 fully saturated rings. The van der Waals surface area contributed by atoms with Crippen molar-refractivity contribution in [2.24, 2.45) is 0 Å². The Bertz CT molecular complexity index is 505. The number of nitrogens with one attached hydrogen (secondary N) is 1. The molecule has 19 heavy (non-hydrogen) atoms. The molecule has 1 nitrogen and oxygen atoms in total. The van der Waals surface area contributed by atoms with E-state index in [2.05, 4.69) is 60.8 Å². The second-order valence-electron chi connectivity index (χ2n) is 4.73. The topological polar surface area (TPSA) is 12.0 Å². The van der Waals surface area contributed by atoms with Crippen LogP contribution in [0.4, 0.5) is 0 Å². The fraction of sp³-hybridized carbons (Fsp3) is 0.294. The molecule has 0 amide bonds. The molecule has 0 aromatic heterocycles. The van der Waals surface area contributed by atoms with Crippen LogP contribution in [0.2, 0.25) is 0 Å². The van der Waals surface area contributed by atoms with Gasteiger partial charge in [-0.25, -0.2) is 0 Å². The third kappa shape index (κ3) is 4.38. The Morgan fingerprint density at radius 1 is 0.842 bits per heavy atom. The van der Waals surface area contributed by atoms with Crippen molar-refractivity contribution in [2.75, 3.05) is 0 Å². The van der Waals surface area contributed by atoms with Gasteiger partial charge in [0.2, 0.25) is 0 Å². The van der Waals surface area contributed by atoms with Crippen LogP contribution in [0.15, 0.2) is 48.5 Å². The third-order valence-corrected chi connectivity index (χ3v) is 3.54. The van der Waals surface area contributed by atoms with Gasteiger partial charge in [-0.3, -0.25) is 0 Å². The van der Waals surface area contributed by atoms with Crippen molar-refractivity contribution >= 4 is 11.6 Å². The molecule has 0 aliphatic rings. The Morgan fingerprint density at radius 2 is 1.47 bits per heavy atom. The zero-order valence-electron chi connectivity index (χ0n) is 11.3. The van der Waals surface area contributed by atoms with Crippen LogP contribution in [0.1, 0.15) is 29.2 Å². The highest BCUT2D eigenvalue weighted by atomic mass is 35.5. The monoisotopic (exact) mass is 273 g/mol. The maximum atomic E-state index is 5.84. The summed E-state index contributed by atoms with van der Waals surface area (Å²) in [6.07, 6.45) is 1.10. The molecular weight excluding hydrogens is 254 g/mol. The van der Waals surface area contributed by atoms with Crippen LogP contribution in [0.5, 0.6) is 0 Å². The van der Waals surface area contributed by atoms with E-state index in [1.54, 1.807) is 0 Å². The summed E-state index contributed by atoms with van der Waals surface area (Å²) in [6, 6.07) is 17.2. The Balaban J connectivity index is 1.85. The van der Waals surface area contributed by atoms with Crippen LogP contribution < -0.4 is 5.32 Å². The van der Waals surface area contributed by atoms with Crippen molar-refractivity contribution in [1.29, 1.82) is 0 Å². The third-order valence-electron chi connectivity index (χ3n) is 3.24. The van der Waals surface area contributed by atoms with Gasteiger partial charge in [-0.2, -0.15) is 0 Å². The Kier molecular flexibility index (Phi) is 5.44. The molecule has 2 heteroatoms. The highest BCUT2D eigenvalue weighted by molar-refractivity contribution is 6.17. The van der Waals surface area contributed by atoms with Gasteiger partial charge in [0.05, 0.1) is 0 Å². The molecule has 0 spiro atoms. The number of rotatable bonds is 6. The van der Waals surface area contributed by atoms with Crippen molar-refractivity contribution in [3.63, 3.8) is 0 Å². The normalized spacial score (nSPS) is 10.6. The quantitative estimate of drug-likeness (QED) is 0.775. The van der Waals surface area contributed by atoms with Gasteiger partial charge in [-0.05, 0) is 28.7 Å². The first kappa shape index (κ1) is 14.1. The number of alkyl halides is 1. The summed E-state index contributed by atoms with van der Waals surface area (Å²) in [5, 5.41) is 3.46. The summed E-state index contributed by atoms with van der Waals surface area (Å²) < 4.78 is 0. The van der Waals surface area contributed by atoms with Crippen molar-refractivity contribution in [1.82, 2.24) is 5.32 Å². The number of aryl methyl sites for hydroxylation is 1. The molecule has 1 N–H and O–H groups in total. The van der Waals surface area contributed by atoms with Gasteiger partial charge in [0, 0.05) is 19.0 Å². The predicted molar refractivity (Wildman–Crippen MR) is 82.4 cm³/mol. The van der Waals surface area contributed by atoms with E-state index in [1.165, 1.54) is 22.3 Å². The van der Waals surface area contributed by atoms with E-state index >= 15 is 0 Å². The minimum atomic E-state index is 0.576. The van der Waals surface area contributed by atoms with E-state index in [0.29, 0.717) is 5.88 Å². The molecule has 100 valence electrons. The van der Waals surface area contributed by atoms with E-state index in [9.17, 15) is 0 Å². The second kappa shape index (κ2) is 7.32. The Hall–Kier alpha value is -1.31. The van der Waals surface area contributed by atoms with E-state index in [1.807, 2.05) is 0 Å². The van der Waals surface area contributed by atoms with E-state index in [-0.39, 0.29) is 0 Å². The maximum Gasteiger partial charge on any atom is 0.0474 e. The molecule has 0 saturated heterocycles. The molecule has 0 aliphatic carbocycles. The largest absolute Gasteiger partial charge is 0.309 e. The van der Waals surface area contributed by atoms with Gasteiger partial charge in [0.25, 0.3) is 0 Å². The van der Waals surface area contributed by atoms with Crippen LogP contribution in [0, 0.1) is 0 Å². The molecule has 0 heterocycles. The lowest BCUT2D eigenvalue weighted by Gasteiger charge is -2.07. The molecule has 0 bridgehead atoms. The molecular formula is C17H20ClN. The van der Waals surface area contributed by atoms with E-state index in [0.717, 1.165) is 19.5 Å². The SMILES string of the molecule is CCc1ccc(CNCc2cccc(CCl)c2)cc1. The zero-order chi connectivity index (χ0) is 13.5. The molecule has 0 atom stereocenters. The van der Waals surface area contributed by atoms with Gasteiger partial charge in [-0.15, -0.1) is 11.6 Å². The van der Waals surface area contributed by atoms with Crippen LogP contribution >= 0.6 is 11.6 Å². The Morgan fingerprint density at radius 3 is 2.16 bits per heavy atom.